The van der Waals surface area contributed by atoms with Crippen LogP contribution in [0.1, 0.15) is 35.3 Å². The number of hydrogen-bond donors (Lipinski definition) is 3. The molecule has 160 valence electrons. The molecular formula is C25H27N3O3. The molecule has 3 aromatic carbocycles. The third-order valence-electron chi connectivity index (χ3n) is 4.42. The van der Waals surface area contributed by atoms with Crippen LogP contribution in [-0.4, -0.2) is 18.0 Å². The van der Waals surface area contributed by atoms with Crippen molar-refractivity contribution in [3.63, 3.8) is 0 Å². The molecule has 0 bridgehead atoms. The molecule has 0 aliphatic carbocycles. The number of amides is 3. The van der Waals surface area contributed by atoms with Crippen LogP contribution in [0.15, 0.2) is 78.9 Å². The Bertz CT molecular complexity index is 1000. The number of carbonyl (C=O) groups excluding carboxylic acids is 2. The minimum absolute atomic E-state index is 0.0484. The molecule has 0 fully saturated rings. The lowest BCUT2D eigenvalue weighted by Crippen LogP contribution is -2.34. The zero-order chi connectivity index (χ0) is 22.1. The number of ether oxygens (including phenoxy) is 1. The molecule has 3 amide bonds. The van der Waals surface area contributed by atoms with Gasteiger partial charge in [0.25, 0.3) is 5.91 Å². The van der Waals surface area contributed by atoms with Crippen molar-refractivity contribution < 1.29 is 14.3 Å². The Hall–Kier alpha value is -3.80. The summed E-state index contributed by atoms with van der Waals surface area (Å²) in [6, 6.07) is 24.2. The standard InChI is InChI=1S/C25H27N3O3/c1-18(2)27-25(30)28-22-13-11-21(12-14-22)24(29)26-16-20-9-6-10-23(15-20)31-17-19-7-4-3-5-8-19/h3-15,18H,16-17H2,1-2H3,(H,26,29)(H2,27,28,30). The molecular weight excluding hydrogens is 390 g/mol. The van der Waals surface area contributed by atoms with Crippen molar-refractivity contribution in [3.05, 3.63) is 95.6 Å². The lowest BCUT2D eigenvalue weighted by molar-refractivity contribution is 0.0951. The average molecular weight is 418 g/mol. The minimum Gasteiger partial charge on any atom is -0.489 e. The second kappa shape index (κ2) is 10.8. The van der Waals surface area contributed by atoms with Crippen molar-refractivity contribution in [2.24, 2.45) is 0 Å². The van der Waals surface area contributed by atoms with E-state index in [1.807, 2.05) is 68.4 Å². The summed E-state index contributed by atoms with van der Waals surface area (Å²) < 4.78 is 5.84. The highest BCUT2D eigenvalue weighted by molar-refractivity contribution is 5.95. The maximum Gasteiger partial charge on any atom is 0.319 e. The molecule has 0 aromatic heterocycles. The molecule has 0 saturated heterocycles. The largest absolute Gasteiger partial charge is 0.489 e. The first-order chi connectivity index (χ1) is 15.0. The van der Waals surface area contributed by atoms with Gasteiger partial charge in [0.15, 0.2) is 0 Å². The van der Waals surface area contributed by atoms with Gasteiger partial charge in [-0.3, -0.25) is 4.79 Å². The van der Waals surface area contributed by atoms with E-state index in [1.54, 1.807) is 24.3 Å². The van der Waals surface area contributed by atoms with E-state index >= 15 is 0 Å². The van der Waals surface area contributed by atoms with Crippen LogP contribution in [0.3, 0.4) is 0 Å². The van der Waals surface area contributed by atoms with Crippen LogP contribution in [0, 0.1) is 0 Å². The number of urea groups is 1. The summed E-state index contributed by atoms with van der Waals surface area (Å²) >= 11 is 0. The van der Waals surface area contributed by atoms with Crippen molar-refractivity contribution in [2.45, 2.75) is 33.0 Å². The van der Waals surface area contributed by atoms with Crippen molar-refractivity contribution >= 4 is 17.6 Å². The Morgan fingerprint density at radius 1 is 0.871 bits per heavy atom. The smallest absolute Gasteiger partial charge is 0.319 e. The van der Waals surface area contributed by atoms with Crippen LogP contribution < -0.4 is 20.7 Å². The van der Waals surface area contributed by atoms with Gasteiger partial charge in [-0.15, -0.1) is 0 Å². The molecule has 0 aliphatic rings. The highest BCUT2D eigenvalue weighted by atomic mass is 16.5. The number of benzene rings is 3. The molecule has 0 heterocycles. The number of anilines is 1. The van der Waals surface area contributed by atoms with Gasteiger partial charge >= 0.3 is 6.03 Å². The lowest BCUT2D eigenvalue weighted by Gasteiger charge is -2.11. The SMILES string of the molecule is CC(C)NC(=O)Nc1ccc(C(=O)NCc2cccc(OCc3ccccc3)c2)cc1. The molecule has 3 aromatic rings. The van der Waals surface area contributed by atoms with Crippen LogP contribution >= 0.6 is 0 Å². The predicted octanol–water partition coefficient (Wildman–Crippen LogP) is 4.73. The van der Waals surface area contributed by atoms with Gasteiger partial charge in [-0.1, -0.05) is 42.5 Å². The first-order valence-corrected chi connectivity index (χ1v) is 10.2. The molecule has 6 nitrogen and oxygen atoms in total. The lowest BCUT2D eigenvalue weighted by atomic mass is 10.1. The fourth-order valence-electron chi connectivity index (χ4n) is 2.90. The second-order valence-electron chi connectivity index (χ2n) is 7.43. The maximum atomic E-state index is 12.5. The van der Waals surface area contributed by atoms with Gasteiger partial charge in [0.1, 0.15) is 12.4 Å². The van der Waals surface area contributed by atoms with Crippen molar-refractivity contribution in [1.82, 2.24) is 10.6 Å². The van der Waals surface area contributed by atoms with Gasteiger partial charge in [-0.25, -0.2) is 4.79 Å². The second-order valence-corrected chi connectivity index (χ2v) is 7.43. The van der Waals surface area contributed by atoms with Crippen LogP contribution in [0.2, 0.25) is 0 Å². The Balaban J connectivity index is 1.50. The molecule has 31 heavy (non-hydrogen) atoms. The van der Waals surface area contributed by atoms with Gasteiger partial charge in [-0.05, 0) is 61.4 Å². The van der Waals surface area contributed by atoms with E-state index in [0.717, 1.165) is 16.9 Å². The Labute approximate surface area is 182 Å². The fourth-order valence-corrected chi connectivity index (χ4v) is 2.90. The van der Waals surface area contributed by atoms with Crippen molar-refractivity contribution in [1.29, 1.82) is 0 Å². The van der Waals surface area contributed by atoms with Crippen molar-refractivity contribution in [3.8, 4) is 5.75 Å². The van der Waals surface area contributed by atoms with Gasteiger partial charge in [-0.2, -0.15) is 0 Å². The molecule has 0 radical (unpaired) electrons. The zero-order valence-electron chi connectivity index (χ0n) is 17.7. The molecule has 0 atom stereocenters. The summed E-state index contributed by atoms with van der Waals surface area (Å²) in [6.07, 6.45) is 0. The molecule has 6 heteroatoms. The number of carbonyl (C=O) groups is 2. The summed E-state index contributed by atoms with van der Waals surface area (Å²) in [6.45, 7) is 4.65. The quantitative estimate of drug-likeness (QED) is 0.496. The van der Waals surface area contributed by atoms with Gasteiger partial charge in [0.05, 0.1) is 0 Å². The van der Waals surface area contributed by atoms with Crippen LogP contribution in [0.4, 0.5) is 10.5 Å². The first kappa shape index (κ1) is 21.9. The molecule has 0 unspecified atom stereocenters. The van der Waals surface area contributed by atoms with E-state index in [9.17, 15) is 9.59 Å². The molecule has 3 rings (SSSR count). The minimum atomic E-state index is -0.276. The van der Waals surface area contributed by atoms with Gasteiger partial charge in [0, 0.05) is 23.8 Å². The molecule has 3 N–H and O–H groups in total. The summed E-state index contributed by atoms with van der Waals surface area (Å²) in [4.78, 5) is 24.2. The Morgan fingerprint density at radius 3 is 2.29 bits per heavy atom. The third kappa shape index (κ3) is 7.19. The molecule has 0 saturated carbocycles. The summed E-state index contributed by atoms with van der Waals surface area (Å²) in [5, 5.41) is 8.39. The summed E-state index contributed by atoms with van der Waals surface area (Å²) in [5.41, 5.74) is 3.19. The summed E-state index contributed by atoms with van der Waals surface area (Å²) in [7, 11) is 0. The average Bonchev–Trinajstić information content (AvgIpc) is 2.77. The fraction of sp³-hybridized carbons (Fsp3) is 0.200. The summed E-state index contributed by atoms with van der Waals surface area (Å²) in [5.74, 6) is 0.569. The Kier molecular flexibility index (Phi) is 7.65. The molecule has 0 aliphatic heterocycles. The highest BCUT2D eigenvalue weighted by Crippen LogP contribution is 2.16. The van der Waals surface area contributed by atoms with Crippen LogP contribution in [0.25, 0.3) is 0 Å². The monoisotopic (exact) mass is 417 g/mol. The number of nitrogens with one attached hydrogen (secondary N) is 3. The Morgan fingerprint density at radius 2 is 1.58 bits per heavy atom. The van der Waals surface area contributed by atoms with Gasteiger partial charge in [0.2, 0.25) is 0 Å². The van der Waals surface area contributed by atoms with Gasteiger partial charge < -0.3 is 20.7 Å². The van der Waals surface area contributed by atoms with E-state index in [1.165, 1.54) is 0 Å². The van der Waals surface area contributed by atoms with E-state index < -0.39 is 0 Å². The van der Waals surface area contributed by atoms with E-state index in [4.69, 9.17) is 4.74 Å². The zero-order valence-corrected chi connectivity index (χ0v) is 17.7. The maximum absolute atomic E-state index is 12.5. The normalized spacial score (nSPS) is 10.4. The number of hydrogen-bond acceptors (Lipinski definition) is 3. The predicted molar refractivity (Wildman–Crippen MR) is 122 cm³/mol. The third-order valence-corrected chi connectivity index (χ3v) is 4.42. The van der Waals surface area contributed by atoms with Crippen LogP contribution in [0.5, 0.6) is 5.75 Å². The van der Waals surface area contributed by atoms with Crippen molar-refractivity contribution in [2.75, 3.05) is 5.32 Å². The van der Waals surface area contributed by atoms with Crippen LogP contribution in [-0.2, 0) is 13.2 Å². The topological polar surface area (TPSA) is 79.5 Å². The first-order valence-electron chi connectivity index (χ1n) is 10.2. The van der Waals surface area contributed by atoms with E-state index in [-0.39, 0.29) is 18.0 Å². The van der Waals surface area contributed by atoms with E-state index in [2.05, 4.69) is 16.0 Å². The van der Waals surface area contributed by atoms with E-state index in [0.29, 0.717) is 24.4 Å². The molecule has 0 spiro atoms. The highest BCUT2D eigenvalue weighted by Gasteiger charge is 2.08. The number of rotatable bonds is 8.